The molecule has 0 aliphatic heterocycles. The van der Waals surface area contributed by atoms with Crippen LogP contribution in [-0.2, 0) is 24.1 Å². The lowest BCUT2D eigenvalue weighted by atomic mass is 9.84. The molecule has 0 aromatic carbocycles. The van der Waals surface area contributed by atoms with Crippen molar-refractivity contribution in [3.63, 3.8) is 0 Å². The second kappa shape index (κ2) is 7.98. The largest absolute Gasteiger partial charge is 0.352 e. The van der Waals surface area contributed by atoms with Crippen molar-refractivity contribution >= 4 is 28.2 Å². The number of hydrogen-bond donors (Lipinski definition) is 3. The van der Waals surface area contributed by atoms with E-state index < -0.39 is 0 Å². The first kappa shape index (κ1) is 19.5. The molecule has 2 saturated carbocycles. The van der Waals surface area contributed by atoms with Crippen molar-refractivity contribution in [3.05, 3.63) is 44.4 Å². The second-order valence-electron chi connectivity index (χ2n) is 8.82. The third-order valence-electron chi connectivity index (χ3n) is 6.23. The van der Waals surface area contributed by atoms with Crippen LogP contribution in [0.3, 0.4) is 0 Å². The van der Waals surface area contributed by atoms with Gasteiger partial charge in [0.2, 0.25) is 5.91 Å². The van der Waals surface area contributed by atoms with Crippen LogP contribution in [0.2, 0.25) is 0 Å². The second-order valence-corrected chi connectivity index (χ2v) is 9.92. The number of carbonyl (C=O) groups excluding carboxylic acids is 2. The van der Waals surface area contributed by atoms with Crippen LogP contribution < -0.4 is 16.2 Å². The molecule has 8 heteroatoms. The Kier molecular flexibility index (Phi) is 5.18. The van der Waals surface area contributed by atoms with Gasteiger partial charge in [0.25, 0.3) is 11.5 Å². The summed E-state index contributed by atoms with van der Waals surface area (Å²) in [5, 5.41) is 6.83. The molecule has 2 aromatic heterocycles. The summed E-state index contributed by atoms with van der Waals surface area (Å²) in [6.07, 6.45) is 9.06. The fourth-order valence-electron chi connectivity index (χ4n) is 4.15. The van der Waals surface area contributed by atoms with E-state index in [1.54, 1.807) is 11.3 Å². The molecule has 160 valence electrons. The predicted octanol–water partition coefficient (Wildman–Crippen LogP) is 2.91. The number of nitrogens with zero attached hydrogens (tertiary/aromatic N) is 1. The molecule has 3 N–H and O–H groups in total. The van der Waals surface area contributed by atoms with Gasteiger partial charge in [0.1, 0.15) is 10.8 Å². The van der Waals surface area contributed by atoms with Crippen molar-refractivity contribution in [2.24, 2.45) is 17.8 Å². The van der Waals surface area contributed by atoms with Crippen molar-refractivity contribution in [1.29, 1.82) is 0 Å². The summed E-state index contributed by atoms with van der Waals surface area (Å²) in [5.41, 5.74) is 1.58. The number of nitrogens with one attached hydrogen (secondary N) is 3. The Labute approximate surface area is 180 Å². The number of aryl methyl sites for hydroxylation is 1. The van der Waals surface area contributed by atoms with Crippen LogP contribution in [0.25, 0.3) is 0 Å². The van der Waals surface area contributed by atoms with E-state index in [2.05, 4.69) is 20.6 Å². The zero-order valence-corrected chi connectivity index (χ0v) is 17.6. The highest BCUT2D eigenvalue weighted by molar-refractivity contribution is 7.17. The highest BCUT2D eigenvalue weighted by Gasteiger charge is 2.34. The number of hydrogen-bond acceptors (Lipinski definition) is 5. The Bertz CT molecular complexity index is 1040. The summed E-state index contributed by atoms with van der Waals surface area (Å²) in [6.45, 7) is 0.706. The SMILES string of the molecule is O=C(NCC1CC1)c1c(NC(=O)C2CC2)sc2c1CC(Cc1nccc(=O)[nH]1)CC2.[HH]. The maximum Gasteiger partial charge on any atom is 0.254 e. The Morgan fingerprint density at radius 3 is 2.77 bits per heavy atom. The van der Waals surface area contributed by atoms with Crippen LogP contribution in [0, 0.1) is 17.8 Å². The molecule has 3 aliphatic carbocycles. The molecule has 5 rings (SSSR count). The van der Waals surface area contributed by atoms with Crippen LogP contribution in [0.15, 0.2) is 17.1 Å². The molecule has 2 heterocycles. The minimum Gasteiger partial charge on any atom is -0.352 e. The first-order valence-electron chi connectivity index (χ1n) is 10.8. The number of rotatable bonds is 7. The van der Waals surface area contributed by atoms with Crippen LogP contribution in [0.5, 0.6) is 0 Å². The summed E-state index contributed by atoms with van der Waals surface area (Å²) < 4.78 is 0. The van der Waals surface area contributed by atoms with Crippen molar-refractivity contribution in [3.8, 4) is 0 Å². The number of thiophene rings is 1. The number of amides is 2. The Hall–Kier alpha value is -2.48. The lowest BCUT2D eigenvalue weighted by Gasteiger charge is -2.22. The first-order chi connectivity index (χ1) is 14.6. The highest BCUT2D eigenvalue weighted by Crippen LogP contribution is 2.41. The maximum atomic E-state index is 13.1. The number of H-pyrrole nitrogens is 1. The van der Waals surface area contributed by atoms with Gasteiger partial charge < -0.3 is 15.6 Å². The van der Waals surface area contributed by atoms with E-state index in [0.717, 1.165) is 37.7 Å². The number of carbonyl (C=O) groups is 2. The van der Waals surface area contributed by atoms with Gasteiger partial charge in [-0.3, -0.25) is 14.4 Å². The van der Waals surface area contributed by atoms with Crippen LogP contribution in [0.1, 0.15) is 60.2 Å². The molecule has 1 atom stereocenters. The normalized spacial score (nSPS) is 20.5. The Morgan fingerprint density at radius 1 is 1.20 bits per heavy atom. The average Bonchev–Trinajstić information content (AvgIpc) is 3.63. The van der Waals surface area contributed by atoms with Gasteiger partial charge in [-0.1, -0.05) is 0 Å². The monoisotopic (exact) mass is 428 g/mol. The fourth-order valence-corrected chi connectivity index (χ4v) is 5.40. The van der Waals surface area contributed by atoms with Gasteiger partial charge >= 0.3 is 0 Å². The third kappa shape index (κ3) is 4.33. The number of anilines is 1. The maximum absolute atomic E-state index is 13.1. The predicted molar refractivity (Wildman–Crippen MR) is 117 cm³/mol. The molecule has 30 heavy (non-hydrogen) atoms. The molecular formula is C22H28N4O3S. The van der Waals surface area contributed by atoms with Crippen LogP contribution >= 0.6 is 11.3 Å². The van der Waals surface area contributed by atoms with Gasteiger partial charge in [0, 0.05) is 37.5 Å². The number of aromatic amines is 1. The van der Waals surface area contributed by atoms with Crippen LogP contribution in [0.4, 0.5) is 5.00 Å². The third-order valence-corrected chi connectivity index (χ3v) is 7.44. The molecule has 1 unspecified atom stereocenters. The molecular weight excluding hydrogens is 400 g/mol. The minimum atomic E-state index is -0.141. The molecule has 3 aliphatic rings. The molecule has 0 saturated heterocycles. The van der Waals surface area contributed by atoms with E-state index >= 15 is 0 Å². The van der Waals surface area contributed by atoms with E-state index in [4.69, 9.17) is 0 Å². The molecule has 2 amide bonds. The fraction of sp³-hybridized carbons (Fsp3) is 0.545. The van der Waals surface area contributed by atoms with Crippen molar-refractivity contribution < 1.29 is 11.0 Å². The molecule has 7 nitrogen and oxygen atoms in total. The zero-order valence-electron chi connectivity index (χ0n) is 16.8. The summed E-state index contributed by atoms with van der Waals surface area (Å²) in [6, 6.07) is 1.42. The van der Waals surface area contributed by atoms with Crippen LogP contribution in [-0.4, -0.2) is 28.3 Å². The van der Waals surface area contributed by atoms with Crippen molar-refractivity contribution in [2.45, 2.75) is 51.4 Å². The average molecular weight is 429 g/mol. The molecule has 2 fully saturated rings. The number of aromatic nitrogens is 2. The van der Waals surface area contributed by atoms with E-state index in [9.17, 15) is 14.4 Å². The van der Waals surface area contributed by atoms with Gasteiger partial charge in [-0.15, -0.1) is 11.3 Å². The quantitative estimate of drug-likeness (QED) is 0.631. The molecule has 2 aromatic rings. The minimum absolute atomic E-state index is 0. The molecule has 0 spiro atoms. The zero-order chi connectivity index (χ0) is 20.7. The molecule has 0 radical (unpaired) electrons. The summed E-state index contributed by atoms with van der Waals surface area (Å²) in [5.74, 6) is 1.65. The van der Waals surface area contributed by atoms with E-state index in [1.807, 2.05) is 0 Å². The topological polar surface area (TPSA) is 104 Å². The van der Waals surface area contributed by atoms with Gasteiger partial charge in [-0.2, -0.15) is 0 Å². The van der Waals surface area contributed by atoms with Crippen molar-refractivity contribution in [1.82, 2.24) is 15.3 Å². The van der Waals surface area contributed by atoms with E-state index in [1.165, 1.54) is 30.0 Å². The van der Waals surface area contributed by atoms with Crippen molar-refractivity contribution in [2.75, 3.05) is 11.9 Å². The standard InChI is InChI=1S/C22H26N4O3S.H2/c27-18-7-8-23-17(25-18)10-13-3-6-16-15(9-13)19(21(29)24-11-12-1-2-12)22(30-16)26-20(28)14-4-5-14;/h7-8,12-14H,1-6,9-11H2,(H,24,29)(H,26,28)(H,23,25,27);1H. The van der Waals surface area contributed by atoms with Gasteiger partial charge in [0.15, 0.2) is 0 Å². The lowest BCUT2D eigenvalue weighted by molar-refractivity contribution is -0.117. The summed E-state index contributed by atoms with van der Waals surface area (Å²) in [7, 11) is 0. The van der Waals surface area contributed by atoms with E-state index in [0.29, 0.717) is 41.2 Å². The Morgan fingerprint density at radius 2 is 2.03 bits per heavy atom. The van der Waals surface area contributed by atoms with Gasteiger partial charge in [-0.25, -0.2) is 4.98 Å². The van der Waals surface area contributed by atoms with Gasteiger partial charge in [0.05, 0.1) is 5.56 Å². The lowest BCUT2D eigenvalue weighted by Crippen LogP contribution is -2.28. The summed E-state index contributed by atoms with van der Waals surface area (Å²) in [4.78, 5) is 45.4. The number of fused-ring (bicyclic) bond motifs is 1. The highest BCUT2D eigenvalue weighted by atomic mass is 32.1. The smallest absolute Gasteiger partial charge is 0.254 e. The Balaban J connectivity index is 0.00000231. The molecule has 0 bridgehead atoms. The first-order valence-corrected chi connectivity index (χ1v) is 11.7. The van der Waals surface area contributed by atoms with Gasteiger partial charge in [-0.05, 0) is 62.3 Å². The van der Waals surface area contributed by atoms with E-state index in [-0.39, 0.29) is 24.7 Å². The summed E-state index contributed by atoms with van der Waals surface area (Å²) >= 11 is 1.56.